The lowest BCUT2D eigenvalue weighted by atomic mass is 10.1. The van der Waals surface area contributed by atoms with Crippen molar-refractivity contribution in [2.24, 2.45) is 0 Å². The molecule has 2 aromatic carbocycles. The molecule has 0 aliphatic heterocycles. The predicted octanol–water partition coefficient (Wildman–Crippen LogP) is 4.12. The molecule has 1 unspecified atom stereocenters. The number of aliphatic hydroxyl groups excluding tert-OH is 1. The highest BCUT2D eigenvalue weighted by atomic mass is 16.6. The molecule has 1 aromatic heterocycles. The normalized spacial score (nSPS) is 12.4. The first-order chi connectivity index (χ1) is 13.8. The van der Waals surface area contributed by atoms with Gasteiger partial charge in [0, 0.05) is 23.7 Å². The van der Waals surface area contributed by atoms with E-state index in [0.29, 0.717) is 24.1 Å². The molecule has 6 nitrogen and oxygen atoms in total. The first kappa shape index (κ1) is 20.4. The van der Waals surface area contributed by atoms with Gasteiger partial charge in [-0.2, -0.15) is 5.26 Å². The van der Waals surface area contributed by atoms with E-state index in [-0.39, 0.29) is 0 Å². The number of fused-ring (bicyclic) bond motifs is 1. The highest BCUT2D eigenvalue weighted by molar-refractivity contribution is 5.84. The van der Waals surface area contributed by atoms with E-state index in [4.69, 9.17) is 4.74 Å². The largest absolute Gasteiger partial charge is 0.444 e. The average molecular weight is 391 g/mol. The van der Waals surface area contributed by atoms with Gasteiger partial charge in [0.1, 0.15) is 5.60 Å². The van der Waals surface area contributed by atoms with Gasteiger partial charge in [-0.15, -0.1) is 0 Å². The Morgan fingerprint density at radius 3 is 2.62 bits per heavy atom. The number of alkyl carbamates (subject to hydrolysis) is 1. The van der Waals surface area contributed by atoms with Crippen molar-refractivity contribution >= 4 is 17.0 Å². The van der Waals surface area contributed by atoms with Gasteiger partial charge in [-0.05, 0) is 44.9 Å². The number of ether oxygens (including phenoxy) is 1. The first-order valence-electron chi connectivity index (χ1n) is 9.52. The second-order valence-corrected chi connectivity index (χ2v) is 7.83. The molecule has 0 fully saturated rings. The van der Waals surface area contributed by atoms with Crippen LogP contribution in [0.2, 0.25) is 0 Å². The third-order valence-corrected chi connectivity index (χ3v) is 4.51. The van der Waals surface area contributed by atoms with Gasteiger partial charge in [-0.1, -0.05) is 36.4 Å². The van der Waals surface area contributed by atoms with Crippen molar-refractivity contribution < 1.29 is 14.6 Å². The minimum absolute atomic E-state index is 0.411. The standard InChI is InChI=1S/C23H25N3O3/c1-23(2,3)29-22(28)25-13-12-17-15-26(20-11-7-6-9-18(17)20)21(27)19-10-5-4-8-16(19)14-24/h4-11,15,21,27H,12-13H2,1-3H3,(H,25,28). The number of carbonyl (C=O) groups excluding carboxylic acids is 1. The Hall–Kier alpha value is -3.30. The zero-order valence-corrected chi connectivity index (χ0v) is 16.8. The van der Waals surface area contributed by atoms with Crippen LogP contribution in [0.4, 0.5) is 4.79 Å². The molecule has 0 saturated heterocycles. The van der Waals surface area contributed by atoms with E-state index in [2.05, 4.69) is 11.4 Å². The fourth-order valence-electron chi connectivity index (χ4n) is 3.27. The van der Waals surface area contributed by atoms with Gasteiger partial charge in [-0.25, -0.2) is 4.79 Å². The van der Waals surface area contributed by atoms with Crippen molar-refractivity contribution in [3.8, 4) is 6.07 Å². The van der Waals surface area contributed by atoms with Crippen LogP contribution in [0.5, 0.6) is 0 Å². The van der Waals surface area contributed by atoms with Crippen LogP contribution in [0.15, 0.2) is 54.7 Å². The number of nitriles is 1. The van der Waals surface area contributed by atoms with Crippen LogP contribution in [0.25, 0.3) is 10.9 Å². The van der Waals surface area contributed by atoms with E-state index < -0.39 is 17.9 Å². The fourth-order valence-corrected chi connectivity index (χ4v) is 3.27. The van der Waals surface area contributed by atoms with Crippen molar-refractivity contribution in [1.29, 1.82) is 5.26 Å². The molecule has 3 rings (SSSR count). The Kier molecular flexibility index (Phi) is 5.90. The van der Waals surface area contributed by atoms with Crippen LogP contribution in [0, 0.1) is 11.3 Å². The Morgan fingerprint density at radius 1 is 1.21 bits per heavy atom. The number of amides is 1. The van der Waals surface area contributed by atoms with Gasteiger partial charge < -0.3 is 19.7 Å². The third kappa shape index (κ3) is 4.76. The molecule has 0 aliphatic rings. The van der Waals surface area contributed by atoms with Crippen LogP contribution in [0.3, 0.4) is 0 Å². The number of aliphatic hydroxyl groups is 1. The smallest absolute Gasteiger partial charge is 0.407 e. The molecule has 1 atom stereocenters. The molecule has 0 spiro atoms. The van der Waals surface area contributed by atoms with Gasteiger partial charge in [0.25, 0.3) is 0 Å². The topological polar surface area (TPSA) is 87.3 Å². The number of carbonyl (C=O) groups is 1. The zero-order chi connectivity index (χ0) is 21.0. The van der Waals surface area contributed by atoms with Gasteiger partial charge in [-0.3, -0.25) is 0 Å². The molecule has 6 heteroatoms. The summed E-state index contributed by atoms with van der Waals surface area (Å²) in [5, 5.41) is 24.1. The fraction of sp³-hybridized carbons (Fsp3) is 0.304. The summed E-state index contributed by atoms with van der Waals surface area (Å²) in [6.45, 7) is 5.87. The van der Waals surface area contributed by atoms with E-state index in [1.54, 1.807) is 28.8 Å². The van der Waals surface area contributed by atoms with Crippen molar-refractivity contribution in [3.63, 3.8) is 0 Å². The second-order valence-electron chi connectivity index (χ2n) is 7.83. The van der Waals surface area contributed by atoms with Crippen molar-refractivity contribution in [1.82, 2.24) is 9.88 Å². The molecular formula is C23H25N3O3. The minimum atomic E-state index is -0.983. The van der Waals surface area contributed by atoms with Gasteiger partial charge >= 0.3 is 6.09 Å². The SMILES string of the molecule is CC(C)(C)OC(=O)NCCc1cn(C(O)c2ccccc2C#N)c2ccccc12. The number of nitrogens with zero attached hydrogens (tertiary/aromatic N) is 2. The lowest BCUT2D eigenvalue weighted by Crippen LogP contribution is -2.33. The minimum Gasteiger partial charge on any atom is -0.444 e. The summed E-state index contributed by atoms with van der Waals surface area (Å²) in [6.07, 6.45) is 1.02. The van der Waals surface area contributed by atoms with E-state index in [9.17, 15) is 15.2 Å². The summed E-state index contributed by atoms with van der Waals surface area (Å²) in [5.74, 6) is 0. The molecule has 29 heavy (non-hydrogen) atoms. The maximum Gasteiger partial charge on any atom is 0.407 e. The maximum atomic E-state index is 11.9. The molecule has 1 amide bonds. The number of hydrogen-bond donors (Lipinski definition) is 2. The van der Waals surface area contributed by atoms with Crippen molar-refractivity contribution in [2.75, 3.05) is 6.54 Å². The molecule has 0 aliphatic carbocycles. The Bertz CT molecular complexity index is 1060. The summed E-state index contributed by atoms with van der Waals surface area (Å²) < 4.78 is 7.02. The summed E-state index contributed by atoms with van der Waals surface area (Å²) in [7, 11) is 0. The Labute approximate surface area is 170 Å². The predicted molar refractivity (Wildman–Crippen MR) is 111 cm³/mol. The van der Waals surface area contributed by atoms with Crippen LogP contribution in [-0.4, -0.2) is 27.9 Å². The van der Waals surface area contributed by atoms with Crippen LogP contribution < -0.4 is 5.32 Å². The molecule has 0 radical (unpaired) electrons. The van der Waals surface area contributed by atoms with Gasteiger partial charge in [0.05, 0.1) is 17.1 Å². The number of aromatic nitrogens is 1. The van der Waals surface area contributed by atoms with Crippen molar-refractivity contribution in [2.45, 2.75) is 39.0 Å². The van der Waals surface area contributed by atoms with E-state index in [1.807, 2.05) is 51.2 Å². The van der Waals surface area contributed by atoms with E-state index >= 15 is 0 Å². The monoisotopic (exact) mass is 391 g/mol. The number of rotatable bonds is 5. The molecular weight excluding hydrogens is 366 g/mol. The molecule has 1 heterocycles. The van der Waals surface area contributed by atoms with Crippen LogP contribution in [-0.2, 0) is 11.2 Å². The Morgan fingerprint density at radius 2 is 1.90 bits per heavy atom. The third-order valence-electron chi connectivity index (χ3n) is 4.51. The van der Waals surface area contributed by atoms with E-state index in [0.717, 1.165) is 16.5 Å². The average Bonchev–Trinajstić information content (AvgIpc) is 3.05. The highest BCUT2D eigenvalue weighted by Gasteiger charge is 2.19. The highest BCUT2D eigenvalue weighted by Crippen LogP contribution is 2.28. The van der Waals surface area contributed by atoms with Gasteiger partial charge in [0.15, 0.2) is 6.23 Å². The molecule has 0 saturated carbocycles. The van der Waals surface area contributed by atoms with Crippen molar-refractivity contribution in [3.05, 3.63) is 71.4 Å². The number of benzene rings is 2. The molecule has 0 bridgehead atoms. The van der Waals surface area contributed by atoms with Gasteiger partial charge in [0.2, 0.25) is 0 Å². The summed E-state index contributed by atoms with van der Waals surface area (Å²) in [5.41, 5.74) is 2.29. The van der Waals surface area contributed by atoms with Crippen LogP contribution in [0.1, 0.15) is 43.7 Å². The first-order valence-corrected chi connectivity index (χ1v) is 9.52. The quantitative estimate of drug-likeness (QED) is 0.685. The van der Waals surface area contributed by atoms with Crippen LogP contribution >= 0.6 is 0 Å². The molecule has 150 valence electrons. The summed E-state index contributed by atoms with van der Waals surface area (Å²) in [4.78, 5) is 11.9. The lowest BCUT2D eigenvalue weighted by Gasteiger charge is -2.19. The number of para-hydroxylation sites is 1. The summed E-state index contributed by atoms with van der Waals surface area (Å²) in [6, 6.07) is 16.9. The lowest BCUT2D eigenvalue weighted by molar-refractivity contribution is 0.0528. The Balaban J connectivity index is 1.84. The summed E-state index contributed by atoms with van der Waals surface area (Å²) >= 11 is 0. The maximum absolute atomic E-state index is 11.9. The second kappa shape index (κ2) is 8.38. The molecule has 2 N–H and O–H groups in total. The zero-order valence-electron chi connectivity index (χ0n) is 16.8. The van der Waals surface area contributed by atoms with E-state index in [1.165, 1.54) is 0 Å². The number of nitrogens with one attached hydrogen (secondary N) is 1. The molecule has 3 aromatic rings. The number of hydrogen-bond acceptors (Lipinski definition) is 4.